The van der Waals surface area contributed by atoms with Gasteiger partial charge in [0.05, 0.1) is 13.2 Å². The first kappa shape index (κ1) is 15.4. The number of hydrogen-bond acceptors (Lipinski definition) is 4. The van der Waals surface area contributed by atoms with E-state index in [1.165, 1.54) is 0 Å². The van der Waals surface area contributed by atoms with Gasteiger partial charge in [-0.15, -0.1) is 0 Å². The Morgan fingerprint density at radius 2 is 2.33 bits per heavy atom. The van der Waals surface area contributed by atoms with E-state index in [0.717, 1.165) is 26.0 Å². The Hall–Kier alpha value is -0.650. The zero-order chi connectivity index (χ0) is 13.4. The van der Waals surface area contributed by atoms with Crippen molar-refractivity contribution in [2.24, 2.45) is 5.41 Å². The monoisotopic (exact) mass is 258 g/mol. The summed E-state index contributed by atoms with van der Waals surface area (Å²) < 4.78 is 5.31. The molecule has 5 heteroatoms. The molecular formula is C13H26N2O3. The molecule has 1 unspecified atom stereocenters. The maximum absolute atomic E-state index is 11.8. The average molecular weight is 258 g/mol. The molecule has 0 spiro atoms. The van der Waals surface area contributed by atoms with E-state index < -0.39 is 0 Å². The van der Waals surface area contributed by atoms with Gasteiger partial charge in [0, 0.05) is 32.2 Å². The number of nitrogens with one attached hydrogen (secondary N) is 2. The normalized spacial score (nSPS) is 20.7. The third-order valence-electron chi connectivity index (χ3n) is 3.21. The molecule has 1 amide bonds. The summed E-state index contributed by atoms with van der Waals surface area (Å²) >= 11 is 0. The molecule has 0 aromatic heterocycles. The van der Waals surface area contributed by atoms with Gasteiger partial charge in [-0.1, -0.05) is 13.8 Å². The number of morpholine rings is 1. The molecule has 0 aliphatic carbocycles. The molecule has 0 aromatic carbocycles. The summed E-state index contributed by atoms with van der Waals surface area (Å²) in [6, 6.07) is 0.138. The molecule has 1 heterocycles. The average Bonchev–Trinajstić information content (AvgIpc) is 2.36. The van der Waals surface area contributed by atoms with Crippen molar-refractivity contribution in [3.05, 3.63) is 0 Å². The predicted molar refractivity (Wildman–Crippen MR) is 70.3 cm³/mol. The molecule has 1 aliphatic rings. The summed E-state index contributed by atoms with van der Waals surface area (Å²) in [5.74, 6) is 0.0649. The lowest BCUT2D eigenvalue weighted by Crippen LogP contribution is -2.45. The first-order chi connectivity index (χ1) is 8.53. The lowest BCUT2D eigenvalue weighted by Gasteiger charge is -2.26. The van der Waals surface area contributed by atoms with Crippen LogP contribution in [-0.2, 0) is 9.53 Å². The second-order valence-electron chi connectivity index (χ2n) is 5.70. The molecule has 1 rings (SSSR count). The van der Waals surface area contributed by atoms with Crippen LogP contribution >= 0.6 is 0 Å². The Morgan fingerprint density at radius 3 is 2.94 bits per heavy atom. The van der Waals surface area contributed by atoms with Crippen molar-refractivity contribution in [3.8, 4) is 0 Å². The third-order valence-corrected chi connectivity index (χ3v) is 3.21. The van der Waals surface area contributed by atoms with Crippen LogP contribution in [0.2, 0.25) is 0 Å². The lowest BCUT2D eigenvalue weighted by atomic mass is 9.88. The lowest BCUT2D eigenvalue weighted by molar-refractivity contribution is -0.122. The molecule has 1 saturated heterocycles. The number of carbonyl (C=O) groups excluding carboxylic acids is 1. The minimum Gasteiger partial charge on any atom is -0.396 e. The summed E-state index contributed by atoms with van der Waals surface area (Å²) in [5, 5.41) is 15.0. The van der Waals surface area contributed by atoms with Crippen LogP contribution in [0, 0.1) is 5.41 Å². The molecule has 1 atom stereocenters. The van der Waals surface area contributed by atoms with Crippen LogP contribution in [0.3, 0.4) is 0 Å². The summed E-state index contributed by atoms with van der Waals surface area (Å²) in [6.45, 7) is 7.23. The van der Waals surface area contributed by atoms with Crippen molar-refractivity contribution in [2.45, 2.75) is 39.2 Å². The van der Waals surface area contributed by atoms with Gasteiger partial charge in [0.15, 0.2) is 0 Å². The Labute approximate surface area is 109 Å². The van der Waals surface area contributed by atoms with Gasteiger partial charge in [-0.3, -0.25) is 4.79 Å². The number of ether oxygens (including phenoxy) is 1. The van der Waals surface area contributed by atoms with Crippen LogP contribution in [0.15, 0.2) is 0 Å². The van der Waals surface area contributed by atoms with E-state index in [1.54, 1.807) is 0 Å². The highest BCUT2D eigenvalue weighted by Gasteiger charge is 2.20. The quantitative estimate of drug-likeness (QED) is 0.613. The van der Waals surface area contributed by atoms with E-state index in [9.17, 15) is 4.79 Å². The smallest absolute Gasteiger partial charge is 0.221 e. The molecule has 1 fully saturated rings. The van der Waals surface area contributed by atoms with Gasteiger partial charge in [-0.2, -0.15) is 0 Å². The molecular weight excluding hydrogens is 232 g/mol. The number of aliphatic hydroxyl groups is 1. The van der Waals surface area contributed by atoms with Gasteiger partial charge in [0.25, 0.3) is 0 Å². The van der Waals surface area contributed by atoms with E-state index in [0.29, 0.717) is 19.6 Å². The van der Waals surface area contributed by atoms with Gasteiger partial charge in [-0.25, -0.2) is 0 Å². The summed E-state index contributed by atoms with van der Waals surface area (Å²) in [4.78, 5) is 11.8. The van der Waals surface area contributed by atoms with E-state index in [4.69, 9.17) is 9.84 Å². The number of rotatable bonds is 7. The van der Waals surface area contributed by atoms with Crippen molar-refractivity contribution < 1.29 is 14.6 Å². The zero-order valence-corrected chi connectivity index (χ0v) is 11.5. The second-order valence-corrected chi connectivity index (χ2v) is 5.70. The number of hydrogen-bond donors (Lipinski definition) is 3. The molecule has 0 radical (unpaired) electrons. The van der Waals surface area contributed by atoms with Crippen molar-refractivity contribution in [2.75, 3.05) is 32.9 Å². The fourth-order valence-corrected chi connectivity index (χ4v) is 2.03. The fraction of sp³-hybridized carbons (Fsp3) is 0.923. The first-order valence-electron chi connectivity index (χ1n) is 6.72. The first-order valence-corrected chi connectivity index (χ1v) is 6.72. The molecule has 0 aromatic rings. The maximum atomic E-state index is 11.8. The SMILES string of the molecule is CC(C)(CCCO)CNC(=O)CC1COCCN1. The van der Waals surface area contributed by atoms with Crippen LogP contribution in [-0.4, -0.2) is 50.0 Å². The van der Waals surface area contributed by atoms with Crippen molar-refractivity contribution in [1.29, 1.82) is 0 Å². The van der Waals surface area contributed by atoms with Gasteiger partial charge in [0.1, 0.15) is 0 Å². The van der Waals surface area contributed by atoms with Crippen molar-refractivity contribution in [3.63, 3.8) is 0 Å². The Morgan fingerprint density at radius 1 is 1.56 bits per heavy atom. The van der Waals surface area contributed by atoms with Crippen LogP contribution in [0.5, 0.6) is 0 Å². The largest absolute Gasteiger partial charge is 0.396 e. The highest BCUT2D eigenvalue weighted by molar-refractivity contribution is 5.76. The van der Waals surface area contributed by atoms with Crippen LogP contribution in [0.4, 0.5) is 0 Å². The molecule has 5 nitrogen and oxygen atoms in total. The number of carbonyl (C=O) groups is 1. The highest BCUT2D eigenvalue weighted by atomic mass is 16.5. The predicted octanol–water partition coefficient (Wildman–Crippen LogP) is 0.280. The summed E-state index contributed by atoms with van der Waals surface area (Å²) in [5.41, 5.74) is 0.0366. The van der Waals surface area contributed by atoms with Crippen LogP contribution < -0.4 is 10.6 Å². The Kier molecular flexibility index (Phi) is 6.60. The number of amides is 1. The van der Waals surface area contributed by atoms with Crippen molar-refractivity contribution >= 4 is 5.91 Å². The molecule has 106 valence electrons. The van der Waals surface area contributed by atoms with E-state index in [-0.39, 0.29) is 24.0 Å². The van der Waals surface area contributed by atoms with Gasteiger partial charge < -0.3 is 20.5 Å². The number of aliphatic hydroxyl groups excluding tert-OH is 1. The summed E-state index contributed by atoms with van der Waals surface area (Å²) in [7, 11) is 0. The maximum Gasteiger partial charge on any atom is 0.221 e. The second kappa shape index (κ2) is 7.71. The topological polar surface area (TPSA) is 70.6 Å². The third kappa shape index (κ3) is 6.33. The zero-order valence-electron chi connectivity index (χ0n) is 11.5. The minimum atomic E-state index is 0.0366. The molecule has 0 bridgehead atoms. The Balaban J connectivity index is 2.19. The minimum absolute atomic E-state index is 0.0366. The van der Waals surface area contributed by atoms with Crippen molar-refractivity contribution in [1.82, 2.24) is 10.6 Å². The highest BCUT2D eigenvalue weighted by Crippen LogP contribution is 2.20. The molecule has 3 N–H and O–H groups in total. The van der Waals surface area contributed by atoms with Crippen LogP contribution in [0.25, 0.3) is 0 Å². The molecule has 18 heavy (non-hydrogen) atoms. The van der Waals surface area contributed by atoms with E-state index in [1.807, 2.05) is 0 Å². The Bertz CT molecular complexity index is 251. The fourth-order valence-electron chi connectivity index (χ4n) is 2.03. The van der Waals surface area contributed by atoms with Gasteiger partial charge in [0.2, 0.25) is 5.91 Å². The standard InChI is InChI=1S/C13H26N2O3/c1-13(2,4-3-6-16)10-15-12(17)8-11-9-18-7-5-14-11/h11,14,16H,3-10H2,1-2H3,(H,15,17). The van der Waals surface area contributed by atoms with Crippen LogP contribution in [0.1, 0.15) is 33.1 Å². The summed E-state index contributed by atoms with van der Waals surface area (Å²) in [6.07, 6.45) is 2.16. The van der Waals surface area contributed by atoms with E-state index >= 15 is 0 Å². The van der Waals surface area contributed by atoms with E-state index in [2.05, 4.69) is 24.5 Å². The molecule has 0 saturated carbocycles. The van der Waals surface area contributed by atoms with Gasteiger partial charge >= 0.3 is 0 Å². The molecule has 1 aliphatic heterocycles. The van der Waals surface area contributed by atoms with Gasteiger partial charge in [-0.05, 0) is 18.3 Å².